The highest BCUT2D eigenvalue weighted by Gasteiger charge is 2.18. The average Bonchev–Trinajstić information content (AvgIpc) is 2.69. The summed E-state index contributed by atoms with van der Waals surface area (Å²) in [4.78, 5) is 24.5. The number of likely N-dealkylation sites (N-methyl/N-ethyl adjacent to an activating group) is 1. The SMILES string of the molecule is Cc1cccc(CCc2ccccc2OCC(CN(C)C)OC(=O)CCC(=O)O)c1. The summed E-state index contributed by atoms with van der Waals surface area (Å²) in [6.45, 7) is 2.78. The molecule has 1 atom stereocenters. The summed E-state index contributed by atoms with van der Waals surface area (Å²) in [5, 5.41) is 8.73. The molecule has 6 nitrogen and oxygen atoms in total. The number of benzene rings is 2. The van der Waals surface area contributed by atoms with Crippen LogP contribution in [0.3, 0.4) is 0 Å². The van der Waals surface area contributed by atoms with Gasteiger partial charge in [-0.15, -0.1) is 0 Å². The summed E-state index contributed by atoms with van der Waals surface area (Å²) in [6, 6.07) is 16.3. The van der Waals surface area contributed by atoms with Gasteiger partial charge in [0.05, 0.1) is 12.8 Å². The van der Waals surface area contributed by atoms with E-state index in [-0.39, 0.29) is 19.4 Å². The number of para-hydroxylation sites is 1. The van der Waals surface area contributed by atoms with Crippen molar-refractivity contribution in [3.8, 4) is 5.75 Å². The summed E-state index contributed by atoms with van der Waals surface area (Å²) in [7, 11) is 3.77. The molecule has 162 valence electrons. The van der Waals surface area contributed by atoms with Gasteiger partial charge in [0.1, 0.15) is 18.5 Å². The van der Waals surface area contributed by atoms with Gasteiger partial charge in [-0.05, 0) is 51.1 Å². The molecule has 1 unspecified atom stereocenters. The van der Waals surface area contributed by atoms with Gasteiger partial charge >= 0.3 is 11.9 Å². The summed E-state index contributed by atoms with van der Waals surface area (Å²) in [5.74, 6) is -0.772. The Hall–Kier alpha value is -2.86. The minimum absolute atomic E-state index is 0.146. The molecule has 6 heteroatoms. The third kappa shape index (κ3) is 8.66. The highest BCUT2D eigenvalue weighted by atomic mass is 16.6. The van der Waals surface area contributed by atoms with Gasteiger partial charge in [-0.25, -0.2) is 0 Å². The maximum atomic E-state index is 11.9. The van der Waals surface area contributed by atoms with E-state index in [4.69, 9.17) is 14.6 Å². The molecule has 0 aromatic heterocycles. The van der Waals surface area contributed by atoms with E-state index >= 15 is 0 Å². The van der Waals surface area contributed by atoms with Crippen LogP contribution >= 0.6 is 0 Å². The highest BCUT2D eigenvalue weighted by Crippen LogP contribution is 2.21. The van der Waals surface area contributed by atoms with Crippen LogP contribution in [0.5, 0.6) is 5.75 Å². The third-order valence-corrected chi connectivity index (χ3v) is 4.57. The molecular formula is C24H31NO5. The highest BCUT2D eigenvalue weighted by molar-refractivity contribution is 5.76. The molecule has 0 saturated carbocycles. The molecule has 0 radical (unpaired) electrons. The number of hydrogen-bond donors (Lipinski definition) is 1. The van der Waals surface area contributed by atoms with Gasteiger partial charge in [0.2, 0.25) is 0 Å². The molecule has 0 saturated heterocycles. The predicted octanol–water partition coefficient (Wildman–Crippen LogP) is 3.50. The van der Waals surface area contributed by atoms with Crippen LogP contribution in [0, 0.1) is 6.92 Å². The zero-order chi connectivity index (χ0) is 21.9. The number of nitrogens with zero attached hydrogens (tertiary/aromatic N) is 1. The molecule has 0 bridgehead atoms. The maximum Gasteiger partial charge on any atom is 0.306 e. The van der Waals surface area contributed by atoms with Gasteiger partial charge in [-0.2, -0.15) is 0 Å². The molecule has 1 N–H and O–H groups in total. The van der Waals surface area contributed by atoms with E-state index < -0.39 is 18.0 Å². The fourth-order valence-electron chi connectivity index (χ4n) is 3.17. The molecule has 0 aliphatic heterocycles. The van der Waals surface area contributed by atoms with E-state index in [9.17, 15) is 9.59 Å². The lowest BCUT2D eigenvalue weighted by Crippen LogP contribution is -2.35. The van der Waals surface area contributed by atoms with Crippen molar-refractivity contribution in [1.29, 1.82) is 0 Å². The monoisotopic (exact) mass is 413 g/mol. The summed E-state index contributed by atoms with van der Waals surface area (Å²) in [5.41, 5.74) is 3.62. The molecule has 0 aliphatic carbocycles. The number of hydrogen-bond acceptors (Lipinski definition) is 5. The third-order valence-electron chi connectivity index (χ3n) is 4.57. The zero-order valence-corrected chi connectivity index (χ0v) is 18.0. The lowest BCUT2D eigenvalue weighted by molar-refractivity contribution is -0.153. The smallest absolute Gasteiger partial charge is 0.306 e. The first-order valence-corrected chi connectivity index (χ1v) is 10.2. The number of carbonyl (C=O) groups is 2. The lowest BCUT2D eigenvalue weighted by atomic mass is 10.0. The topological polar surface area (TPSA) is 76.1 Å². The Bertz CT molecular complexity index is 834. The standard InChI is InChI=1S/C24H31NO5/c1-18-7-6-8-19(15-18)11-12-20-9-4-5-10-22(20)29-17-21(16-25(2)3)30-24(28)14-13-23(26)27/h4-10,15,21H,11-14,16-17H2,1-3H3,(H,26,27). The van der Waals surface area contributed by atoms with Crippen LogP contribution in [0.1, 0.15) is 29.5 Å². The second-order valence-electron chi connectivity index (χ2n) is 7.68. The van der Waals surface area contributed by atoms with Crippen LogP contribution in [-0.2, 0) is 27.2 Å². The van der Waals surface area contributed by atoms with Crippen molar-refractivity contribution in [2.75, 3.05) is 27.2 Å². The predicted molar refractivity (Wildman–Crippen MR) is 116 cm³/mol. The van der Waals surface area contributed by atoms with Crippen molar-refractivity contribution in [2.24, 2.45) is 0 Å². The van der Waals surface area contributed by atoms with Crippen LogP contribution in [-0.4, -0.2) is 55.3 Å². The quantitative estimate of drug-likeness (QED) is 0.537. The van der Waals surface area contributed by atoms with Crippen molar-refractivity contribution in [3.63, 3.8) is 0 Å². The second kappa shape index (κ2) is 12.0. The summed E-state index contributed by atoms with van der Waals surface area (Å²) < 4.78 is 11.5. The van der Waals surface area contributed by atoms with Crippen molar-refractivity contribution in [1.82, 2.24) is 4.90 Å². The summed E-state index contributed by atoms with van der Waals surface area (Å²) >= 11 is 0. The van der Waals surface area contributed by atoms with E-state index in [2.05, 4.69) is 31.2 Å². The number of aryl methyl sites for hydroxylation is 3. The Labute approximate surface area is 178 Å². The first-order valence-electron chi connectivity index (χ1n) is 10.2. The molecular weight excluding hydrogens is 382 g/mol. The Morgan fingerprint density at radius 2 is 1.80 bits per heavy atom. The first kappa shape index (κ1) is 23.4. The van der Waals surface area contributed by atoms with E-state index in [0.29, 0.717) is 6.54 Å². The van der Waals surface area contributed by atoms with Crippen LogP contribution in [0.25, 0.3) is 0 Å². The minimum Gasteiger partial charge on any atom is -0.489 e. The molecule has 2 rings (SSSR count). The van der Waals surface area contributed by atoms with Crippen molar-refractivity contribution >= 4 is 11.9 Å². The van der Waals surface area contributed by atoms with Crippen LogP contribution < -0.4 is 4.74 Å². The zero-order valence-electron chi connectivity index (χ0n) is 18.0. The van der Waals surface area contributed by atoms with Crippen molar-refractivity contribution < 1.29 is 24.2 Å². The molecule has 30 heavy (non-hydrogen) atoms. The molecule has 2 aromatic carbocycles. The van der Waals surface area contributed by atoms with E-state index in [1.165, 1.54) is 11.1 Å². The number of esters is 1. The van der Waals surface area contributed by atoms with Gasteiger partial charge in [0.25, 0.3) is 0 Å². The van der Waals surface area contributed by atoms with Gasteiger partial charge < -0.3 is 19.5 Å². The number of ether oxygens (including phenoxy) is 2. The number of carboxylic acids is 1. The van der Waals surface area contributed by atoms with Crippen LogP contribution in [0.15, 0.2) is 48.5 Å². The Morgan fingerprint density at radius 1 is 1.03 bits per heavy atom. The number of rotatable bonds is 12. The second-order valence-corrected chi connectivity index (χ2v) is 7.68. The maximum absolute atomic E-state index is 11.9. The molecule has 2 aromatic rings. The van der Waals surface area contributed by atoms with Gasteiger partial charge in [0, 0.05) is 6.54 Å². The van der Waals surface area contributed by atoms with Crippen molar-refractivity contribution in [2.45, 2.75) is 38.7 Å². The van der Waals surface area contributed by atoms with E-state index in [1.807, 2.05) is 43.3 Å². The molecule has 0 fully saturated rings. The van der Waals surface area contributed by atoms with Crippen LogP contribution in [0.4, 0.5) is 0 Å². The molecule has 0 amide bonds. The normalized spacial score (nSPS) is 11.9. The number of aliphatic carboxylic acids is 1. The summed E-state index contributed by atoms with van der Waals surface area (Å²) in [6.07, 6.45) is 0.887. The van der Waals surface area contributed by atoms with Gasteiger partial charge in [0.15, 0.2) is 0 Å². The van der Waals surface area contributed by atoms with Crippen LogP contribution in [0.2, 0.25) is 0 Å². The molecule has 0 aliphatic rings. The van der Waals surface area contributed by atoms with E-state index in [0.717, 1.165) is 24.2 Å². The fourth-order valence-corrected chi connectivity index (χ4v) is 3.17. The van der Waals surface area contributed by atoms with Gasteiger partial charge in [-0.3, -0.25) is 9.59 Å². The average molecular weight is 414 g/mol. The van der Waals surface area contributed by atoms with Crippen molar-refractivity contribution in [3.05, 3.63) is 65.2 Å². The van der Waals surface area contributed by atoms with E-state index in [1.54, 1.807) is 0 Å². The Morgan fingerprint density at radius 3 is 2.50 bits per heavy atom. The van der Waals surface area contributed by atoms with Gasteiger partial charge in [-0.1, -0.05) is 48.0 Å². The lowest BCUT2D eigenvalue weighted by Gasteiger charge is -2.22. The minimum atomic E-state index is -1.02. The fraction of sp³-hybridized carbons (Fsp3) is 0.417. The molecule has 0 spiro atoms. The first-order chi connectivity index (χ1) is 14.3. The number of carboxylic acid groups (broad SMARTS) is 1. The molecule has 0 heterocycles. The largest absolute Gasteiger partial charge is 0.489 e. The Kier molecular flexibility index (Phi) is 9.35. The number of carbonyl (C=O) groups excluding carboxylic acids is 1. The Balaban J connectivity index is 1.97.